The van der Waals surface area contributed by atoms with Crippen LogP contribution in [0.4, 0.5) is 0 Å². The normalized spacial score (nSPS) is 18.0. The smallest absolute Gasteiger partial charge is 0.236 e. The van der Waals surface area contributed by atoms with Crippen LogP contribution < -0.4 is 5.32 Å². The number of carbonyl (C=O) groups is 1. The van der Waals surface area contributed by atoms with Crippen LogP contribution in [0.1, 0.15) is 4.88 Å². The molecule has 3 nitrogen and oxygen atoms in total. The van der Waals surface area contributed by atoms with Crippen LogP contribution >= 0.6 is 35.5 Å². The van der Waals surface area contributed by atoms with Gasteiger partial charge in [-0.25, -0.2) is 0 Å². The lowest BCUT2D eigenvalue weighted by Crippen LogP contribution is -2.20. The van der Waals surface area contributed by atoms with Crippen molar-refractivity contribution in [2.75, 3.05) is 5.75 Å². The van der Waals surface area contributed by atoms with Crippen molar-refractivity contribution < 1.29 is 4.79 Å². The van der Waals surface area contributed by atoms with Crippen molar-refractivity contribution in [3.05, 3.63) is 22.4 Å². The average Bonchev–Trinajstić information content (AvgIpc) is 2.71. The highest BCUT2D eigenvalue weighted by molar-refractivity contribution is 8.15. The maximum atomic E-state index is 10.8. The van der Waals surface area contributed by atoms with Gasteiger partial charge in [-0.2, -0.15) is 0 Å². The number of nitrogens with zero attached hydrogens (tertiary/aromatic N) is 1. The van der Waals surface area contributed by atoms with Crippen LogP contribution in [0, 0.1) is 0 Å². The number of aliphatic imine (C=N–C) groups is 1. The summed E-state index contributed by atoms with van der Waals surface area (Å²) in [4.78, 5) is 16.3. The Morgan fingerprint density at radius 3 is 3.00 bits per heavy atom. The Morgan fingerprint density at radius 2 is 2.43 bits per heavy atom. The Kier molecular flexibility index (Phi) is 4.44. The standard InChI is InChI=1S/C8H8N2OS2.ClH/c11-7-5-13-8(10-7)9-4-6-2-1-3-12-6;/h1-3H,4-5H2,(H,9,10,11);1H. The Morgan fingerprint density at radius 1 is 1.57 bits per heavy atom. The van der Waals surface area contributed by atoms with Crippen molar-refractivity contribution in [1.82, 2.24) is 5.32 Å². The van der Waals surface area contributed by atoms with E-state index in [4.69, 9.17) is 0 Å². The van der Waals surface area contributed by atoms with Crippen molar-refractivity contribution in [3.8, 4) is 0 Å². The molecule has 14 heavy (non-hydrogen) atoms. The van der Waals surface area contributed by atoms with E-state index >= 15 is 0 Å². The second-order valence-electron chi connectivity index (χ2n) is 2.54. The van der Waals surface area contributed by atoms with Gasteiger partial charge in [0.2, 0.25) is 5.91 Å². The van der Waals surface area contributed by atoms with Crippen molar-refractivity contribution in [1.29, 1.82) is 0 Å². The van der Waals surface area contributed by atoms with Crippen molar-refractivity contribution in [2.45, 2.75) is 6.54 Å². The number of rotatable bonds is 2. The third-order valence-electron chi connectivity index (χ3n) is 1.54. The minimum Gasteiger partial charge on any atom is -0.305 e. The molecule has 1 amide bonds. The van der Waals surface area contributed by atoms with E-state index in [0.29, 0.717) is 12.3 Å². The van der Waals surface area contributed by atoms with Crippen LogP contribution in [-0.4, -0.2) is 16.8 Å². The number of hydrogen-bond acceptors (Lipinski definition) is 4. The summed E-state index contributed by atoms with van der Waals surface area (Å²) in [6.07, 6.45) is 0. The van der Waals surface area contributed by atoms with Crippen LogP contribution in [0.5, 0.6) is 0 Å². The molecule has 0 saturated carbocycles. The summed E-state index contributed by atoms with van der Waals surface area (Å²) in [5.74, 6) is 0.554. The monoisotopic (exact) mass is 248 g/mol. The zero-order valence-corrected chi connectivity index (χ0v) is 9.68. The first-order chi connectivity index (χ1) is 6.34. The highest BCUT2D eigenvalue weighted by Crippen LogP contribution is 2.13. The summed E-state index contributed by atoms with van der Waals surface area (Å²) in [5, 5.41) is 5.47. The van der Waals surface area contributed by atoms with Gasteiger partial charge in [-0.05, 0) is 11.4 Å². The van der Waals surface area contributed by atoms with Crippen LogP contribution in [0.25, 0.3) is 0 Å². The second kappa shape index (κ2) is 5.38. The maximum Gasteiger partial charge on any atom is 0.236 e. The maximum absolute atomic E-state index is 10.8. The van der Waals surface area contributed by atoms with Crippen molar-refractivity contribution in [3.63, 3.8) is 0 Å². The van der Waals surface area contributed by atoms with Gasteiger partial charge in [-0.1, -0.05) is 17.8 Å². The van der Waals surface area contributed by atoms with Crippen LogP contribution in [0.2, 0.25) is 0 Å². The summed E-state index contributed by atoms with van der Waals surface area (Å²) < 4.78 is 0. The predicted octanol–water partition coefficient (Wildman–Crippen LogP) is 1.89. The zero-order valence-electron chi connectivity index (χ0n) is 7.23. The fourth-order valence-electron chi connectivity index (χ4n) is 0.963. The summed E-state index contributed by atoms with van der Waals surface area (Å²) in [7, 11) is 0. The van der Waals surface area contributed by atoms with Crippen LogP contribution in [0.15, 0.2) is 22.5 Å². The van der Waals surface area contributed by atoms with Crippen LogP contribution in [0.3, 0.4) is 0 Å². The van der Waals surface area contributed by atoms with Gasteiger partial charge in [0.25, 0.3) is 0 Å². The van der Waals surface area contributed by atoms with Gasteiger partial charge in [-0.3, -0.25) is 9.79 Å². The minimum absolute atomic E-state index is 0. The molecular weight excluding hydrogens is 240 g/mol. The van der Waals surface area contributed by atoms with Gasteiger partial charge in [0.1, 0.15) is 0 Å². The number of hydrogen-bond donors (Lipinski definition) is 1. The van der Waals surface area contributed by atoms with E-state index in [1.807, 2.05) is 17.5 Å². The fourth-order valence-corrected chi connectivity index (χ4v) is 2.27. The van der Waals surface area contributed by atoms with E-state index < -0.39 is 0 Å². The molecule has 0 bridgehead atoms. The second-order valence-corrected chi connectivity index (χ2v) is 4.53. The first-order valence-corrected chi connectivity index (χ1v) is 5.70. The molecule has 0 atom stereocenters. The largest absolute Gasteiger partial charge is 0.305 e. The van der Waals surface area contributed by atoms with E-state index in [9.17, 15) is 4.79 Å². The van der Waals surface area contributed by atoms with Gasteiger partial charge in [0, 0.05) is 4.88 Å². The average molecular weight is 249 g/mol. The summed E-state index contributed by atoms with van der Waals surface area (Å²) in [5.41, 5.74) is 0. The lowest BCUT2D eigenvalue weighted by molar-refractivity contribution is -0.116. The van der Waals surface area contributed by atoms with Crippen molar-refractivity contribution >= 4 is 46.6 Å². The number of halogens is 1. The number of carbonyl (C=O) groups excluding carboxylic acids is 1. The first-order valence-electron chi connectivity index (χ1n) is 3.84. The van der Waals surface area contributed by atoms with Gasteiger partial charge in [0.05, 0.1) is 12.3 Å². The zero-order chi connectivity index (χ0) is 9.10. The molecule has 1 aromatic heterocycles. The first kappa shape index (κ1) is 11.6. The molecule has 1 N–H and O–H groups in total. The third-order valence-corrected chi connectivity index (χ3v) is 3.32. The molecule has 0 aromatic carbocycles. The molecule has 2 rings (SSSR count). The fraction of sp³-hybridized carbons (Fsp3) is 0.250. The number of amidine groups is 1. The molecule has 0 spiro atoms. The molecule has 6 heteroatoms. The molecule has 0 aliphatic carbocycles. The number of amides is 1. The molecule has 76 valence electrons. The molecular formula is C8H9ClN2OS2. The van der Waals surface area contributed by atoms with Gasteiger partial charge < -0.3 is 5.32 Å². The van der Waals surface area contributed by atoms with Crippen LogP contribution in [-0.2, 0) is 11.3 Å². The molecule has 1 aliphatic heterocycles. The Bertz CT molecular complexity index is 337. The lowest BCUT2D eigenvalue weighted by atomic mass is 10.5. The highest BCUT2D eigenvalue weighted by atomic mass is 35.5. The van der Waals surface area contributed by atoms with E-state index in [2.05, 4.69) is 10.3 Å². The SMILES string of the molecule is Cl.O=C1CSC(=NCc2cccs2)N1. The summed E-state index contributed by atoms with van der Waals surface area (Å²) >= 11 is 3.14. The van der Waals surface area contributed by atoms with Gasteiger partial charge in [0.15, 0.2) is 5.17 Å². The summed E-state index contributed by atoms with van der Waals surface area (Å²) in [6.45, 7) is 0.667. The van der Waals surface area contributed by atoms with Crippen molar-refractivity contribution in [2.24, 2.45) is 4.99 Å². The third kappa shape index (κ3) is 3.01. The topological polar surface area (TPSA) is 41.5 Å². The number of nitrogens with one attached hydrogen (secondary N) is 1. The molecule has 0 radical (unpaired) electrons. The molecule has 1 aromatic rings. The van der Waals surface area contributed by atoms with E-state index in [1.165, 1.54) is 16.6 Å². The molecule has 1 fully saturated rings. The summed E-state index contributed by atoms with van der Waals surface area (Å²) in [6, 6.07) is 4.04. The van der Waals surface area contributed by atoms with E-state index in [-0.39, 0.29) is 18.3 Å². The predicted molar refractivity (Wildman–Crippen MR) is 63.3 cm³/mol. The lowest BCUT2D eigenvalue weighted by Gasteiger charge is -1.93. The van der Waals surface area contributed by atoms with Gasteiger partial charge in [-0.15, -0.1) is 23.7 Å². The van der Waals surface area contributed by atoms with E-state index in [0.717, 1.165) is 5.17 Å². The highest BCUT2D eigenvalue weighted by Gasteiger charge is 2.15. The Balaban J connectivity index is 0.000000980. The number of thiophene rings is 1. The van der Waals surface area contributed by atoms with E-state index in [1.54, 1.807) is 11.3 Å². The molecule has 2 heterocycles. The molecule has 1 saturated heterocycles. The number of thioether (sulfide) groups is 1. The Labute approximate surface area is 96.4 Å². The minimum atomic E-state index is 0. The Hall–Kier alpha value is -0.520. The molecule has 0 unspecified atom stereocenters. The molecule has 1 aliphatic rings. The van der Waals surface area contributed by atoms with Gasteiger partial charge >= 0.3 is 0 Å². The quantitative estimate of drug-likeness (QED) is 0.869.